The van der Waals surface area contributed by atoms with Crippen molar-refractivity contribution < 1.29 is 9.53 Å². The van der Waals surface area contributed by atoms with Crippen LogP contribution in [0.5, 0.6) is 0 Å². The second-order valence-corrected chi connectivity index (χ2v) is 4.11. The molecule has 0 fully saturated rings. The lowest BCUT2D eigenvalue weighted by Gasteiger charge is -2.06. The Morgan fingerprint density at radius 1 is 1.47 bits per heavy atom. The van der Waals surface area contributed by atoms with Crippen LogP contribution in [0.25, 0.3) is 10.9 Å². The van der Waals surface area contributed by atoms with E-state index >= 15 is 0 Å². The molecule has 1 aromatic heterocycles. The molecule has 90 valence electrons. The number of carbonyl (C=O) groups is 1. The Bertz CT molecular complexity index is 545. The van der Waals surface area contributed by atoms with Gasteiger partial charge in [0.2, 0.25) is 0 Å². The van der Waals surface area contributed by atoms with Crippen LogP contribution in [0, 0.1) is 0 Å². The summed E-state index contributed by atoms with van der Waals surface area (Å²) in [6.07, 6.45) is -0.0631. The summed E-state index contributed by atoms with van der Waals surface area (Å²) in [5.74, 6) is 0.0522. The normalized spacial score (nSPS) is 12.9. The van der Waals surface area contributed by atoms with E-state index in [1.165, 1.54) is 0 Å². The minimum atomic E-state index is -0.379. The summed E-state index contributed by atoms with van der Waals surface area (Å²) in [7, 11) is 3.43. The molecule has 0 aliphatic rings. The predicted molar refractivity (Wildman–Crippen MR) is 65.9 cm³/mol. The lowest BCUT2D eigenvalue weighted by Crippen LogP contribution is -2.21. The number of benzene rings is 1. The van der Waals surface area contributed by atoms with E-state index in [1.807, 2.05) is 31.3 Å². The van der Waals surface area contributed by atoms with Crippen LogP contribution in [-0.2, 0) is 23.0 Å². The third-order valence-corrected chi connectivity index (χ3v) is 2.98. The molecule has 4 nitrogen and oxygen atoms in total. The van der Waals surface area contributed by atoms with Crippen molar-refractivity contribution in [2.24, 2.45) is 7.05 Å². The van der Waals surface area contributed by atoms with Gasteiger partial charge in [0.05, 0.1) is 17.6 Å². The van der Waals surface area contributed by atoms with E-state index in [2.05, 4.69) is 5.10 Å². The molecule has 2 rings (SSSR count). The van der Waals surface area contributed by atoms with Gasteiger partial charge in [-0.1, -0.05) is 18.2 Å². The van der Waals surface area contributed by atoms with E-state index in [0.717, 1.165) is 16.6 Å². The van der Waals surface area contributed by atoms with Gasteiger partial charge >= 0.3 is 0 Å². The molecule has 0 aliphatic heterocycles. The van der Waals surface area contributed by atoms with Crippen LogP contribution >= 0.6 is 0 Å². The van der Waals surface area contributed by atoms with Crippen LogP contribution in [0.15, 0.2) is 24.3 Å². The Morgan fingerprint density at radius 2 is 2.18 bits per heavy atom. The maximum atomic E-state index is 11.8. The molecule has 0 saturated heterocycles. The second-order valence-electron chi connectivity index (χ2n) is 4.11. The van der Waals surface area contributed by atoms with Gasteiger partial charge in [-0.3, -0.25) is 9.48 Å². The van der Waals surface area contributed by atoms with Gasteiger partial charge in [0.1, 0.15) is 6.10 Å². The van der Waals surface area contributed by atoms with Crippen molar-refractivity contribution in [3.05, 3.63) is 30.0 Å². The van der Waals surface area contributed by atoms with Crippen LogP contribution < -0.4 is 0 Å². The maximum absolute atomic E-state index is 11.8. The number of aromatic nitrogens is 2. The molecule has 0 N–H and O–H groups in total. The number of methoxy groups -OCH3 is 1. The SMILES string of the molecule is COC(C)C(=O)Cc1nn(C)c2ccccc12. The van der Waals surface area contributed by atoms with Gasteiger partial charge in [0.15, 0.2) is 5.78 Å². The first-order valence-corrected chi connectivity index (χ1v) is 5.59. The minimum Gasteiger partial charge on any atom is -0.374 e. The average molecular weight is 232 g/mol. The molecule has 0 bridgehead atoms. The lowest BCUT2D eigenvalue weighted by atomic mass is 10.1. The van der Waals surface area contributed by atoms with Gasteiger partial charge < -0.3 is 4.74 Å². The average Bonchev–Trinajstić information content (AvgIpc) is 2.66. The van der Waals surface area contributed by atoms with Crippen molar-refractivity contribution in [2.45, 2.75) is 19.4 Å². The van der Waals surface area contributed by atoms with E-state index < -0.39 is 0 Å². The number of ketones is 1. The van der Waals surface area contributed by atoms with Crippen molar-refractivity contribution >= 4 is 16.7 Å². The number of rotatable bonds is 4. The zero-order valence-electron chi connectivity index (χ0n) is 10.3. The molecular weight excluding hydrogens is 216 g/mol. The Hall–Kier alpha value is -1.68. The van der Waals surface area contributed by atoms with Crippen LogP contribution in [0.3, 0.4) is 0 Å². The summed E-state index contributed by atoms with van der Waals surface area (Å²) in [6.45, 7) is 1.76. The zero-order valence-corrected chi connectivity index (χ0v) is 10.3. The Balaban J connectivity index is 2.34. The molecule has 0 aliphatic carbocycles. The number of nitrogens with zero attached hydrogens (tertiary/aromatic N) is 2. The van der Waals surface area contributed by atoms with Gasteiger partial charge in [-0.25, -0.2) is 0 Å². The van der Waals surface area contributed by atoms with Crippen LogP contribution in [0.1, 0.15) is 12.6 Å². The number of para-hydroxylation sites is 1. The molecule has 0 saturated carbocycles. The molecule has 1 aromatic carbocycles. The Labute approximate surface area is 100 Å². The highest BCUT2D eigenvalue weighted by atomic mass is 16.5. The molecule has 0 spiro atoms. The summed E-state index contributed by atoms with van der Waals surface area (Å²) < 4.78 is 6.82. The zero-order chi connectivity index (χ0) is 12.4. The van der Waals surface area contributed by atoms with E-state index in [9.17, 15) is 4.79 Å². The van der Waals surface area contributed by atoms with Gasteiger partial charge in [-0.15, -0.1) is 0 Å². The first-order valence-electron chi connectivity index (χ1n) is 5.59. The van der Waals surface area contributed by atoms with Crippen LogP contribution in [0.2, 0.25) is 0 Å². The molecule has 1 heterocycles. The monoisotopic (exact) mass is 232 g/mol. The predicted octanol–water partition coefficient (Wildman–Crippen LogP) is 1.72. The molecule has 1 atom stereocenters. The number of Topliss-reactive ketones (excluding diaryl/α,β-unsaturated/α-hetero) is 1. The van der Waals surface area contributed by atoms with Crippen molar-refractivity contribution in [2.75, 3.05) is 7.11 Å². The summed E-state index contributed by atoms with van der Waals surface area (Å²) in [6, 6.07) is 7.91. The summed E-state index contributed by atoms with van der Waals surface area (Å²) in [5, 5.41) is 5.42. The first kappa shape index (κ1) is 11.8. The number of ether oxygens (including phenoxy) is 1. The van der Waals surface area contributed by atoms with Gasteiger partial charge in [-0.05, 0) is 13.0 Å². The van der Waals surface area contributed by atoms with Crippen molar-refractivity contribution in [1.29, 1.82) is 0 Å². The number of fused-ring (bicyclic) bond motifs is 1. The van der Waals surface area contributed by atoms with Gasteiger partial charge in [0.25, 0.3) is 0 Å². The van der Waals surface area contributed by atoms with E-state index in [0.29, 0.717) is 6.42 Å². The first-order chi connectivity index (χ1) is 8.13. The quantitative estimate of drug-likeness (QED) is 0.806. The second kappa shape index (κ2) is 4.67. The highest BCUT2D eigenvalue weighted by Crippen LogP contribution is 2.18. The molecule has 4 heteroatoms. The fraction of sp³-hybridized carbons (Fsp3) is 0.385. The molecule has 1 unspecified atom stereocenters. The summed E-state index contributed by atoms with van der Waals surface area (Å²) in [5.41, 5.74) is 1.86. The third kappa shape index (κ3) is 2.22. The highest BCUT2D eigenvalue weighted by molar-refractivity contribution is 5.90. The summed E-state index contributed by atoms with van der Waals surface area (Å²) in [4.78, 5) is 11.8. The Morgan fingerprint density at radius 3 is 2.88 bits per heavy atom. The van der Waals surface area contributed by atoms with Crippen molar-refractivity contribution in [3.63, 3.8) is 0 Å². The minimum absolute atomic E-state index is 0.0522. The molecule has 17 heavy (non-hydrogen) atoms. The molecule has 2 aromatic rings. The van der Waals surface area contributed by atoms with Gasteiger partial charge in [0, 0.05) is 19.5 Å². The lowest BCUT2D eigenvalue weighted by molar-refractivity contribution is -0.127. The van der Waals surface area contributed by atoms with Crippen molar-refractivity contribution in [3.8, 4) is 0 Å². The third-order valence-electron chi connectivity index (χ3n) is 2.98. The van der Waals surface area contributed by atoms with E-state index in [4.69, 9.17) is 4.74 Å². The topological polar surface area (TPSA) is 44.1 Å². The van der Waals surface area contributed by atoms with Gasteiger partial charge in [-0.2, -0.15) is 5.10 Å². The highest BCUT2D eigenvalue weighted by Gasteiger charge is 2.16. The standard InChI is InChI=1S/C13H16N2O2/c1-9(17-3)13(16)8-11-10-6-4-5-7-12(10)15(2)14-11/h4-7,9H,8H2,1-3H3. The van der Waals surface area contributed by atoms with E-state index in [1.54, 1.807) is 18.7 Å². The largest absolute Gasteiger partial charge is 0.374 e. The van der Waals surface area contributed by atoms with Crippen molar-refractivity contribution in [1.82, 2.24) is 9.78 Å². The molecule has 0 amide bonds. The number of hydrogen-bond donors (Lipinski definition) is 0. The number of hydrogen-bond acceptors (Lipinski definition) is 3. The maximum Gasteiger partial charge on any atom is 0.167 e. The Kier molecular flexibility index (Phi) is 3.24. The molecule has 0 radical (unpaired) electrons. The fourth-order valence-corrected chi connectivity index (χ4v) is 1.86. The number of carbonyl (C=O) groups excluding carboxylic acids is 1. The number of aryl methyl sites for hydroxylation is 1. The smallest absolute Gasteiger partial charge is 0.167 e. The van der Waals surface area contributed by atoms with Crippen LogP contribution in [0.4, 0.5) is 0 Å². The fourth-order valence-electron chi connectivity index (χ4n) is 1.86. The molecular formula is C13H16N2O2. The summed E-state index contributed by atoms with van der Waals surface area (Å²) >= 11 is 0. The van der Waals surface area contributed by atoms with Crippen LogP contribution in [-0.4, -0.2) is 28.8 Å². The van der Waals surface area contributed by atoms with E-state index in [-0.39, 0.29) is 11.9 Å².